The van der Waals surface area contributed by atoms with Crippen molar-refractivity contribution < 1.29 is 14.4 Å². The molecule has 2 atom stereocenters. The number of hydrogen-bond donors (Lipinski definition) is 1. The summed E-state index contributed by atoms with van der Waals surface area (Å²) in [7, 11) is 0. The standard InChI is InChI=1S/C22H23N5O3/c28-9-8-27-19(29)11-13-10-16-14(20(13)27)4-3-5-15(16)21-24-22(30-25-21)17-12-26-7-2-1-6-18(26)23-17/h3-5,12-13,20,28H,1-2,6-11H2. The van der Waals surface area contributed by atoms with Crippen LogP contribution in [0.2, 0.25) is 0 Å². The van der Waals surface area contributed by atoms with Crippen molar-refractivity contribution in [3.05, 3.63) is 41.3 Å². The normalized spacial score (nSPS) is 22.3. The molecule has 1 amide bonds. The predicted octanol–water partition coefficient (Wildman–Crippen LogP) is 2.37. The number of nitrogens with zero attached hydrogens (tertiary/aromatic N) is 5. The minimum Gasteiger partial charge on any atom is -0.395 e. The first-order chi connectivity index (χ1) is 14.7. The molecule has 3 aromatic rings. The van der Waals surface area contributed by atoms with Gasteiger partial charge in [-0.25, -0.2) is 4.98 Å². The van der Waals surface area contributed by atoms with Gasteiger partial charge in [-0.2, -0.15) is 4.98 Å². The van der Waals surface area contributed by atoms with Crippen molar-refractivity contribution in [2.24, 2.45) is 5.92 Å². The summed E-state index contributed by atoms with van der Waals surface area (Å²) in [5, 5.41) is 13.6. The van der Waals surface area contributed by atoms with Gasteiger partial charge in [0.15, 0.2) is 0 Å². The van der Waals surface area contributed by atoms with Crippen molar-refractivity contribution in [3.63, 3.8) is 0 Å². The number of fused-ring (bicyclic) bond motifs is 4. The highest BCUT2D eigenvalue weighted by molar-refractivity contribution is 5.81. The molecule has 1 saturated heterocycles. The maximum atomic E-state index is 12.4. The van der Waals surface area contributed by atoms with Crippen LogP contribution in [0, 0.1) is 5.92 Å². The Morgan fingerprint density at radius 1 is 1.20 bits per heavy atom. The van der Waals surface area contributed by atoms with E-state index < -0.39 is 0 Å². The van der Waals surface area contributed by atoms with Gasteiger partial charge in [0.2, 0.25) is 11.7 Å². The van der Waals surface area contributed by atoms with Crippen molar-refractivity contribution in [3.8, 4) is 23.0 Å². The lowest BCUT2D eigenvalue weighted by molar-refractivity contribution is -0.129. The van der Waals surface area contributed by atoms with Crippen LogP contribution in [0.1, 0.15) is 42.3 Å². The van der Waals surface area contributed by atoms with Crippen molar-refractivity contribution in [2.75, 3.05) is 13.2 Å². The molecule has 30 heavy (non-hydrogen) atoms. The molecule has 2 aromatic heterocycles. The monoisotopic (exact) mass is 405 g/mol. The second-order valence-electron chi connectivity index (χ2n) is 8.41. The van der Waals surface area contributed by atoms with Gasteiger partial charge in [0.1, 0.15) is 11.5 Å². The van der Waals surface area contributed by atoms with Gasteiger partial charge in [-0.15, -0.1) is 0 Å². The highest BCUT2D eigenvalue weighted by atomic mass is 16.5. The van der Waals surface area contributed by atoms with E-state index in [9.17, 15) is 9.90 Å². The summed E-state index contributed by atoms with van der Waals surface area (Å²) in [4.78, 5) is 23.5. The fourth-order valence-electron chi connectivity index (χ4n) is 5.37. The SMILES string of the molecule is O=C1CC2Cc3c(-c4noc(-c5cn6c(n5)CCCC6)n4)cccc3C2N1CCO. The number of amides is 1. The second-order valence-corrected chi connectivity index (χ2v) is 8.41. The molecule has 2 aliphatic heterocycles. The van der Waals surface area contributed by atoms with E-state index in [-0.39, 0.29) is 24.5 Å². The number of aliphatic hydroxyl groups is 1. The van der Waals surface area contributed by atoms with E-state index in [2.05, 4.69) is 25.8 Å². The summed E-state index contributed by atoms with van der Waals surface area (Å²) in [5.74, 6) is 2.46. The topological polar surface area (TPSA) is 97.3 Å². The van der Waals surface area contributed by atoms with Gasteiger partial charge in [-0.3, -0.25) is 4.79 Å². The Morgan fingerprint density at radius 3 is 3.00 bits per heavy atom. The molecular formula is C22H23N5O3. The lowest BCUT2D eigenvalue weighted by Gasteiger charge is -2.24. The van der Waals surface area contributed by atoms with Crippen molar-refractivity contribution in [2.45, 2.75) is 44.7 Å². The molecule has 2 unspecified atom stereocenters. The van der Waals surface area contributed by atoms with Crippen LogP contribution >= 0.6 is 0 Å². The minimum absolute atomic E-state index is 0.0210. The molecule has 154 valence electrons. The van der Waals surface area contributed by atoms with Gasteiger partial charge in [-0.1, -0.05) is 23.4 Å². The average molecular weight is 405 g/mol. The Kier molecular flexibility index (Phi) is 4.02. The van der Waals surface area contributed by atoms with Gasteiger partial charge >= 0.3 is 0 Å². The molecule has 4 heterocycles. The smallest absolute Gasteiger partial charge is 0.278 e. The number of aromatic nitrogens is 4. The fourth-order valence-corrected chi connectivity index (χ4v) is 5.37. The molecule has 6 rings (SSSR count). The number of likely N-dealkylation sites (tertiary alicyclic amines) is 1. The zero-order valence-corrected chi connectivity index (χ0v) is 16.6. The molecule has 1 fully saturated rings. The third-order valence-electron chi connectivity index (χ3n) is 6.67. The Balaban J connectivity index is 1.35. The van der Waals surface area contributed by atoms with Gasteiger partial charge in [0.25, 0.3) is 5.89 Å². The molecule has 0 bridgehead atoms. The highest BCUT2D eigenvalue weighted by Gasteiger charge is 2.46. The minimum atomic E-state index is -0.0210. The highest BCUT2D eigenvalue weighted by Crippen LogP contribution is 2.49. The van der Waals surface area contributed by atoms with Crippen molar-refractivity contribution in [1.29, 1.82) is 0 Å². The molecule has 8 nitrogen and oxygen atoms in total. The number of β-amino-alcohol motifs (C(OH)–C–C–N with tert-alkyl or cyclic N) is 1. The lowest BCUT2D eigenvalue weighted by Crippen LogP contribution is -2.30. The van der Waals surface area contributed by atoms with Crippen molar-refractivity contribution >= 4 is 5.91 Å². The van der Waals surface area contributed by atoms with E-state index in [1.165, 1.54) is 18.4 Å². The number of aliphatic hydroxyl groups excluding tert-OH is 1. The van der Waals surface area contributed by atoms with Crippen molar-refractivity contribution in [1.82, 2.24) is 24.6 Å². The maximum absolute atomic E-state index is 12.4. The van der Waals surface area contributed by atoms with Gasteiger partial charge in [0.05, 0.1) is 12.6 Å². The largest absolute Gasteiger partial charge is 0.395 e. The number of carbonyl (C=O) groups is 1. The zero-order valence-electron chi connectivity index (χ0n) is 16.6. The zero-order chi connectivity index (χ0) is 20.2. The van der Waals surface area contributed by atoms with Crippen LogP contribution in [0.3, 0.4) is 0 Å². The first kappa shape index (κ1) is 17.8. The van der Waals surface area contributed by atoms with Crippen LogP contribution in [0.25, 0.3) is 23.0 Å². The van der Waals surface area contributed by atoms with Gasteiger partial charge < -0.3 is 19.1 Å². The molecule has 1 N–H and O–H groups in total. The quantitative estimate of drug-likeness (QED) is 0.716. The summed E-state index contributed by atoms with van der Waals surface area (Å²) >= 11 is 0. The number of hydrogen-bond acceptors (Lipinski definition) is 6. The van der Waals surface area contributed by atoms with Crippen LogP contribution in [0.15, 0.2) is 28.9 Å². The first-order valence-corrected chi connectivity index (χ1v) is 10.7. The Bertz CT molecular complexity index is 1110. The van der Waals surface area contributed by atoms with E-state index in [0.29, 0.717) is 24.7 Å². The van der Waals surface area contributed by atoms with E-state index in [1.807, 2.05) is 23.2 Å². The summed E-state index contributed by atoms with van der Waals surface area (Å²) in [6, 6.07) is 6.12. The number of benzene rings is 1. The molecule has 0 spiro atoms. The third-order valence-corrected chi connectivity index (χ3v) is 6.67. The molecule has 0 radical (unpaired) electrons. The van der Waals surface area contributed by atoms with E-state index >= 15 is 0 Å². The lowest BCUT2D eigenvalue weighted by atomic mass is 10.0. The van der Waals surface area contributed by atoms with Gasteiger partial charge in [-0.05, 0) is 36.3 Å². The first-order valence-electron chi connectivity index (χ1n) is 10.7. The molecule has 0 saturated carbocycles. The number of aryl methyl sites for hydroxylation is 2. The Hall–Kier alpha value is -3.00. The molecular weight excluding hydrogens is 382 g/mol. The Labute approximate surface area is 173 Å². The van der Waals surface area contributed by atoms with Crippen LogP contribution in [-0.4, -0.2) is 48.8 Å². The van der Waals surface area contributed by atoms with Crippen LogP contribution in [0.4, 0.5) is 0 Å². The molecule has 3 aliphatic rings. The molecule has 1 aromatic carbocycles. The summed E-state index contributed by atoms with van der Waals surface area (Å²) < 4.78 is 7.76. The van der Waals surface area contributed by atoms with Crippen LogP contribution in [0.5, 0.6) is 0 Å². The number of imidazole rings is 1. The van der Waals surface area contributed by atoms with E-state index in [0.717, 1.165) is 42.0 Å². The third kappa shape index (κ3) is 2.63. The predicted molar refractivity (Wildman–Crippen MR) is 107 cm³/mol. The number of rotatable bonds is 4. The van der Waals surface area contributed by atoms with Gasteiger partial charge in [0, 0.05) is 37.7 Å². The average Bonchev–Trinajstić information content (AvgIpc) is 3.51. The van der Waals surface area contributed by atoms with E-state index in [1.54, 1.807) is 0 Å². The Morgan fingerprint density at radius 2 is 2.13 bits per heavy atom. The summed E-state index contributed by atoms with van der Waals surface area (Å²) in [6.07, 6.45) is 6.66. The summed E-state index contributed by atoms with van der Waals surface area (Å²) in [5.41, 5.74) is 4.01. The number of carbonyl (C=O) groups excluding carboxylic acids is 1. The second kappa shape index (κ2) is 6.77. The van der Waals surface area contributed by atoms with Crippen LogP contribution in [-0.2, 0) is 24.2 Å². The van der Waals surface area contributed by atoms with E-state index in [4.69, 9.17) is 4.52 Å². The maximum Gasteiger partial charge on any atom is 0.278 e. The fraction of sp³-hybridized carbons (Fsp3) is 0.455. The molecule has 8 heteroatoms. The molecule has 1 aliphatic carbocycles. The van der Waals surface area contributed by atoms with Crippen LogP contribution < -0.4 is 0 Å². The summed E-state index contributed by atoms with van der Waals surface area (Å²) in [6.45, 7) is 1.34.